The molecule has 24 heavy (non-hydrogen) atoms. The number of carbonyl (C=O) groups excluding carboxylic acids is 1. The maximum absolute atomic E-state index is 12.5. The van der Waals surface area contributed by atoms with Gasteiger partial charge >= 0.3 is 0 Å². The van der Waals surface area contributed by atoms with Gasteiger partial charge < -0.3 is 5.32 Å². The van der Waals surface area contributed by atoms with Crippen molar-refractivity contribution in [2.45, 2.75) is 42.0 Å². The summed E-state index contributed by atoms with van der Waals surface area (Å²) in [7, 11) is 0. The first-order valence-electron chi connectivity index (χ1n) is 8.58. The highest BCUT2D eigenvalue weighted by Gasteiger charge is 2.20. The molecule has 4 heteroatoms. The third kappa shape index (κ3) is 4.62. The molecule has 1 aliphatic heterocycles. The van der Waals surface area contributed by atoms with E-state index in [9.17, 15) is 4.79 Å². The quantitative estimate of drug-likeness (QED) is 0.860. The predicted molar refractivity (Wildman–Crippen MR) is 101 cm³/mol. The van der Waals surface area contributed by atoms with Crippen LogP contribution in [0.3, 0.4) is 0 Å². The lowest BCUT2D eigenvalue weighted by Crippen LogP contribution is -2.42. The monoisotopic (exact) mass is 340 g/mol. The lowest BCUT2D eigenvalue weighted by molar-refractivity contribution is -0.118. The highest BCUT2D eigenvalue weighted by molar-refractivity contribution is 7.99. The molecule has 0 aromatic heterocycles. The van der Waals surface area contributed by atoms with Crippen LogP contribution >= 0.6 is 11.8 Å². The zero-order valence-electron chi connectivity index (χ0n) is 14.1. The molecular formula is C20H24N2OS. The van der Waals surface area contributed by atoms with E-state index in [-0.39, 0.29) is 5.91 Å². The van der Waals surface area contributed by atoms with E-state index < -0.39 is 0 Å². The molecule has 1 aliphatic rings. The average Bonchev–Trinajstić information content (AvgIpc) is 2.60. The van der Waals surface area contributed by atoms with Crippen LogP contribution in [0.25, 0.3) is 0 Å². The molecule has 3 nitrogen and oxygen atoms in total. The molecule has 0 aliphatic carbocycles. The number of para-hydroxylation sites is 1. The van der Waals surface area contributed by atoms with Gasteiger partial charge in [0.25, 0.3) is 0 Å². The standard InChI is InChI=1S/C20H24N2OS/c1-16-9-7-8-14-22(16)15-20(23)21-18-12-5-6-13-19(18)24-17-10-3-2-4-11-17/h2-6,10-13,16H,7-9,14-15H2,1H3,(H,21,23)/t16-/m1/s1. The van der Waals surface area contributed by atoms with Crippen LogP contribution in [0.4, 0.5) is 5.69 Å². The van der Waals surface area contributed by atoms with Gasteiger partial charge in [-0.05, 0) is 50.6 Å². The Morgan fingerprint density at radius 3 is 2.67 bits per heavy atom. The number of carbonyl (C=O) groups is 1. The molecule has 3 rings (SSSR count). The van der Waals surface area contributed by atoms with Crippen LogP contribution in [0.15, 0.2) is 64.4 Å². The fraction of sp³-hybridized carbons (Fsp3) is 0.350. The number of amides is 1. The largest absolute Gasteiger partial charge is 0.324 e. The zero-order valence-corrected chi connectivity index (χ0v) is 14.9. The van der Waals surface area contributed by atoms with E-state index in [4.69, 9.17) is 0 Å². The second kappa shape index (κ2) is 8.36. The molecule has 126 valence electrons. The number of hydrogen-bond donors (Lipinski definition) is 1. The van der Waals surface area contributed by atoms with Crippen molar-refractivity contribution < 1.29 is 4.79 Å². The van der Waals surface area contributed by atoms with E-state index in [1.807, 2.05) is 36.4 Å². The first-order valence-corrected chi connectivity index (χ1v) is 9.40. The normalized spacial score (nSPS) is 18.3. The zero-order chi connectivity index (χ0) is 16.8. The van der Waals surface area contributed by atoms with Crippen molar-refractivity contribution in [3.05, 3.63) is 54.6 Å². The molecule has 2 aromatic rings. The molecule has 0 spiro atoms. The van der Waals surface area contributed by atoms with E-state index in [1.165, 1.54) is 24.2 Å². The topological polar surface area (TPSA) is 32.3 Å². The van der Waals surface area contributed by atoms with E-state index in [2.05, 4.69) is 35.3 Å². The minimum Gasteiger partial charge on any atom is -0.324 e. The molecule has 1 fully saturated rings. The first-order chi connectivity index (χ1) is 11.7. The third-order valence-electron chi connectivity index (χ3n) is 4.42. The van der Waals surface area contributed by atoms with Gasteiger partial charge in [-0.3, -0.25) is 9.69 Å². The van der Waals surface area contributed by atoms with Gasteiger partial charge in [-0.15, -0.1) is 0 Å². The van der Waals surface area contributed by atoms with E-state index in [0.717, 1.165) is 17.1 Å². The van der Waals surface area contributed by atoms with Crippen molar-refractivity contribution in [2.24, 2.45) is 0 Å². The Balaban J connectivity index is 1.65. The third-order valence-corrected chi connectivity index (χ3v) is 5.50. The number of nitrogens with one attached hydrogen (secondary N) is 1. The summed E-state index contributed by atoms with van der Waals surface area (Å²) >= 11 is 1.67. The van der Waals surface area contributed by atoms with Crippen molar-refractivity contribution >= 4 is 23.4 Å². The maximum atomic E-state index is 12.5. The number of nitrogens with zero attached hydrogens (tertiary/aromatic N) is 1. The highest BCUT2D eigenvalue weighted by atomic mass is 32.2. The second-order valence-corrected chi connectivity index (χ2v) is 7.39. The molecule has 1 atom stereocenters. The van der Waals surface area contributed by atoms with Crippen molar-refractivity contribution in [3.63, 3.8) is 0 Å². The predicted octanol–water partition coefficient (Wildman–Crippen LogP) is 4.65. The summed E-state index contributed by atoms with van der Waals surface area (Å²) in [6.07, 6.45) is 3.65. The summed E-state index contributed by atoms with van der Waals surface area (Å²) in [5.74, 6) is 0.0739. The molecule has 1 N–H and O–H groups in total. The SMILES string of the molecule is C[C@@H]1CCCCN1CC(=O)Nc1ccccc1Sc1ccccc1. The summed E-state index contributed by atoms with van der Waals surface area (Å²) in [6, 6.07) is 18.7. The maximum Gasteiger partial charge on any atom is 0.238 e. The summed E-state index contributed by atoms with van der Waals surface area (Å²) in [5, 5.41) is 3.10. The van der Waals surface area contributed by atoms with E-state index in [1.54, 1.807) is 11.8 Å². The molecule has 0 saturated carbocycles. The second-order valence-electron chi connectivity index (χ2n) is 6.27. The van der Waals surface area contributed by atoms with Crippen molar-refractivity contribution in [2.75, 3.05) is 18.4 Å². The molecule has 0 unspecified atom stereocenters. The number of rotatable bonds is 5. The summed E-state index contributed by atoms with van der Waals surface area (Å²) in [5.41, 5.74) is 0.890. The molecule has 1 saturated heterocycles. The first kappa shape index (κ1) is 17.1. The fourth-order valence-corrected chi connectivity index (χ4v) is 3.96. The molecule has 0 bridgehead atoms. The van der Waals surface area contributed by atoms with Crippen LogP contribution in [-0.2, 0) is 4.79 Å². The van der Waals surface area contributed by atoms with Crippen LogP contribution in [-0.4, -0.2) is 29.9 Å². The Hall–Kier alpha value is -1.78. The van der Waals surface area contributed by atoms with Crippen LogP contribution in [0.1, 0.15) is 26.2 Å². The van der Waals surface area contributed by atoms with Crippen molar-refractivity contribution in [1.82, 2.24) is 4.90 Å². The lowest BCUT2D eigenvalue weighted by atomic mass is 10.0. The Morgan fingerprint density at radius 2 is 1.88 bits per heavy atom. The highest BCUT2D eigenvalue weighted by Crippen LogP contribution is 2.33. The van der Waals surface area contributed by atoms with Gasteiger partial charge in [0.15, 0.2) is 0 Å². The van der Waals surface area contributed by atoms with Gasteiger partial charge in [-0.25, -0.2) is 0 Å². The smallest absolute Gasteiger partial charge is 0.238 e. The van der Waals surface area contributed by atoms with Crippen molar-refractivity contribution in [1.29, 1.82) is 0 Å². The van der Waals surface area contributed by atoms with Gasteiger partial charge in [0.2, 0.25) is 5.91 Å². The Labute approximate surface area is 148 Å². The molecular weight excluding hydrogens is 316 g/mol. The molecule has 0 radical (unpaired) electrons. The Kier molecular flexibility index (Phi) is 5.94. The number of likely N-dealkylation sites (tertiary alicyclic amines) is 1. The number of benzene rings is 2. The molecule has 1 heterocycles. The number of anilines is 1. The van der Waals surface area contributed by atoms with Crippen LogP contribution < -0.4 is 5.32 Å². The van der Waals surface area contributed by atoms with Gasteiger partial charge in [0, 0.05) is 15.8 Å². The van der Waals surface area contributed by atoms with Gasteiger partial charge in [0.1, 0.15) is 0 Å². The van der Waals surface area contributed by atoms with E-state index in [0.29, 0.717) is 12.6 Å². The average molecular weight is 340 g/mol. The molecule has 2 aromatic carbocycles. The lowest BCUT2D eigenvalue weighted by Gasteiger charge is -2.32. The summed E-state index contributed by atoms with van der Waals surface area (Å²) in [4.78, 5) is 17.0. The van der Waals surface area contributed by atoms with Crippen LogP contribution in [0.5, 0.6) is 0 Å². The Morgan fingerprint density at radius 1 is 1.12 bits per heavy atom. The van der Waals surface area contributed by atoms with E-state index >= 15 is 0 Å². The minimum absolute atomic E-state index is 0.0739. The minimum atomic E-state index is 0.0739. The van der Waals surface area contributed by atoms with Crippen molar-refractivity contribution in [3.8, 4) is 0 Å². The molecule has 1 amide bonds. The van der Waals surface area contributed by atoms with Gasteiger partial charge in [-0.1, -0.05) is 48.5 Å². The summed E-state index contributed by atoms with van der Waals surface area (Å²) in [6.45, 7) is 3.71. The number of piperidine rings is 1. The van der Waals surface area contributed by atoms with Crippen LogP contribution in [0, 0.1) is 0 Å². The number of hydrogen-bond acceptors (Lipinski definition) is 3. The van der Waals surface area contributed by atoms with Gasteiger partial charge in [0.05, 0.1) is 12.2 Å². The fourth-order valence-electron chi connectivity index (χ4n) is 3.04. The van der Waals surface area contributed by atoms with Crippen LogP contribution in [0.2, 0.25) is 0 Å². The summed E-state index contributed by atoms with van der Waals surface area (Å²) < 4.78 is 0. The van der Waals surface area contributed by atoms with Gasteiger partial charge in [-0.2, -0.15) is 0 Å². The Bertz CT molecular complexity index is 674.